The predicted molar refractivity (Wildman–Crippen MR) is 96.9 cm³/mol. The fraction of sp³-hybridized carbons (Fsp3) is 0.263. The van der Waals surface area contributed by atoms with E-state index in [4.69, 9.17) is 4.74 Å². The molecule has 1 amide bonds. The van der Waals surface area contributed by atoms with Crippen LogP contribution in [0.5, 0.6) is 0 Å². The normalized spacial score (nSPS) is 10.2. The van der Waals surface area contributed by atoms with Crippen molar-refractivity contribution in [2.24, 2.45) is 0 Å². The molecule has 0 atom stereocenters. The molecule has 2 rings (SSSR count). The second-order valence-corrected chi connectivity index (χ2v) is 5.85. The molecular formula is C19H20N2O5. The van der Waals surface area contributed by atoms with Crippen molar-refractivity contribution in [3.8, 4) is 0 Å². The molecule has 26 heavy (non-hydrogen) atoms. The van der Waals surface area contributed by atoms with Gasteiger partial charge in [0.25, 0.3) is 11.6 Å². The van der Waals surface area contributed by atoms with Gasteiger partial charge in [0.15, 0.2) is 6.61 Å². The summed E-state index contributed by atoms with van der Waals surface area (Å²) in [7, 11) is 0. The minimum Gasteiger partial charge on any atom is -0.456 e. The van der Waals surface area contributed by atoms with E-state index in [0.717, 1.165) is 11.1 Å². The SMILES string of the molecule is Cc1ccc([N+](=O)[O-])c(NC(=O)COC(=O)CCc2ccccc2)c1C. The summed E-state index contributed by atoms with van der Waals surface area (Å²) in [5.41, 5.74) is 2.34. The monoisotopic (exact) mass is 356 g/mol. The first-order chi connectivity index (χ1) is 12.4. The van der Waals surface area contributed by atoms with Crippen LogP contribution in [0.2, 0.25) is 0 Å². The van der Waals surface area contributed by atoms with Crippen molar-refractivity contribution >= 4 is 23.3 Å². The average Bonchev–Trinajstić information content (AvgIpc) is 2.62. The number of anilines is 1. The maximum atomic E-state index is 12.0. The van der Waals surface area contributed by atoms with Gasteiger partial charge < -0.3 is 10.1 Å². The van der Waals surface area contributed by atoms with Crippen LogP contribution in [0.15, 0.2) is 42.5 Å². The molecule has 0 aliphatic carbocycles. The molecule has 0 aromatic heterocycles. The quantitative estimate of drug-likeness (QED) is 0.466. The first-order valence-corrected chi connectivity index (χ1v) is 8.12. The number of benzene rings is 2. The van der Waals surface area contributed by atoms with Crippen molar-refractivity contribution in [2.75, 3.05) is 11.9 Å². The van der Waals surface area contributed by atoms with Crippen molar-refractivity contribution in [1.82, 2.24) is 0 Å². The molecule has 0 bridgehead atoms. The molecule has 0 spiro atoms. The summed E-state index contributed by atoms with van der Waals surface area (Å²) in [4.78, 5) is 34.3. The molecule has 0 fully saturated rings. The topological polar surface area (TPSA) is 98.5 Å². The van der Waals surface area contributed by atoms with Crippen LogP contribution in [0.3, 0.4) is 0 Å². The van der Waals surface area contributed by atoms with Crippen LogP contribution in [0, 0.1) is 24.0 Å². The largest absolute Gasteiger partial charge is 0.456 e. The van der Waals surface area contributed by atoms with E-state index < -0.39 is 23.4 Å². The molecule has 2 aromatic rings. The zero-order valence-electron chi connectivity index (χ0n) is 14.7. The number of rotatable bonds is 7. The van der Waals surface area contributed by atoms with Crippen LogP contribution < -0.4 is 5.32 Å². The van der Waals surface area contributed by atoms with Gasteiger partial charge in [-0.3, -0.25) is 19.7 Å². The molecule has 7 nitrogen and oxygen atoms in total. The highest BCUT2D eigenvalue weighted by Crippen LogP contribution is 2.30. The Balaban J connectivity index is 1.90. The highest BCUT2D eigenvalue weighted by atomic mass is 16.6. The molecule has 0 saturated heterocycles. The van der Waals surface area contributed by atoms with E-state index >= 15 is 0 Å². The van der Waals surface area contributed by atoms with E-state index in [1.807, 2.05) is 30.3 Å². The van der Waals surface area contributed by atoms with E-state index in [2.05, 4.69) is 5.32 Å². The summed E-state index contributed by atoms with van der Waals surface area (Å²) in [5, 5.41) is 13.6. The number of carbonyl (C=O) groups is 2. The Hall–Kier alpha value is -3.22. The summed E-state index contributed by atoms with van der Waals surface area (Å²) in [6.45, 7) is 2.99. The zero-order valence-corrected chi connectivity index (χ0v) is 14.7. The summed E-state index contributed by atoms with van der Waals surface area (Å²) < 4.78 is 4.95. The summed E-state index contributed by atoms with van der Waals surface area (Å²) in [5.74, 6) is -1.12. The molecule has 2 aromatic carbocycles. The third-order valence-corrected chi connectivity index (χ3v) is 4.00. The van der Waals surface area contributed by atoms with Gasteiger partial charge in [0.05, 0.1) is 4.92 Å². The molecule has 0 aliphatic heterocycles. The fourth-order valence-electron chi connectivity index (χ4n) is 2.40. The summed E-state index contributed by atoms with van der Waals surface area (Å²) >= 11 is 0. The number of esters is 1. The van der Waals surface area contributed by atoms with Crippen LogP contribution in [0.1, 0.15) is 23.1 Å². The molecule has 0 saturated carbocycles. The lowest BCUT2D eigenvalue weighted by atomic mass is 10.1. The van der Waals surface area contributed by atoms with Crippen molar-refractivity contribution in [2.45, 2.75) is 26.7 Å². The lowest BCUT2D eigenvalue weighted by Crippen LogP contribution is -2.22. The predicted octanol–water partition coefficient (Wildman–Crippen LogP) is 3.33. The lowest BCUT2D eigenvalue weighted by Gasteiger charge is -2.11. The van der Waals surface area contributed by atoms with Gasteiger partial charge in [-0.15, -0.1) is 0 Å². The van der Waals surface area contributed by atoms with Crippen molar-refractivity contribution in [3.05, 3.63) is 69.3 Å². The number of aryl methyl sites for hydroxylation is 2. The number of hydrogen-bond donors (Lipinski definition) is 1. The van der Waals surface area contributed by atoms with Gasteiger partial charge in [-0.1, -0.05) is 36.4 Å². The highest BCUT2D eigenvalue weighted by molar-refractivity contribution is 5.96. The number of nitro benzene ring substituents is 1. The number of nitrogens with one attached hydrogen (secondary N) is 1. The first-order valence-electron chi connectivity index (χ1n) is 8.12. The lowest BCUT2D eigenvalue weighted by molar-refractivity contribution is -0.384. The molecule has 136 valence electrons. The summed E-state index contributed by atoms with van der Waals surface area (Å²) in [6, 6.07) is 12.4. The van der Waals surface area contributed by atoms with Crippen LogP contribution in [0.25, 0.3) is 0 Å². The van der Waals surface area contributed by atoms with Gasteiger partial charge >= 0.3 is 5.97 Å². The van der Waals surface area contributed by atoms with Crippen molar-refractivity contribution < 1.29 is 19.2 Å². The van der Waals surface area contributed by atoms with E-state index in [-0.39, 0.29) is 17.8 Å². The minimum absolute atomic E-state index is 0.125. The number of ether oxygens (including phenoxy) is 1. The Morgan fingerprint density at radius 2 is 1.81 bits per heavy atom. The van der Waals surface area contributed by atoms with E-state index in [0.29, 0.717) is 12.0 Å². The third-order valence-electron chi connectivity index (χ3n) is 4.00. The molecular weight excluding hydrogens is 336 g/mol. The molecule has 7 heteroatoms. The smallest absolute Gasteiger partial charge is 0.306 e. The van der Waals surface area contributed by atoms with Crippen LogP contribution >= 0.6 is 0 Å². The zero-order chi connectivity index (χ0) is 19.1. The van der Waals surface area contributed by atoms with Crippen LogP contribution in [0.4, 0.5) is 11.4 Å². The maximum Gasteiger partial charge on any atom is 0.306 e. The van der Waals surface area contributed by atoms with Crippen LogP contribution in [-0.4, -0.2) is 23.4 Å². The highest BCUT2D eigenvalue weighted by Gasteiger charge is 2.20. The Labute approximate surface area is 151 Å². The van der Waals surface area contributed by atoms with Gasteiger partial charge in [0, 0.05) is 12.5 Å². The number of amides is 1. The van der Waals surface area contributed by atoms with Gasteiger partial charge in [-0.25, -0.2) is 0 Å². The Morgan fingerprint density at radius 1 is 1.12 bits per heavy atom. The minimum atomic E-state index is -0.616. The molecule has 1 N–H and O–H groups in total. The average molecular weight is 356 g/mol. The van der Waals surface area contributed by atoms with Gasteiger partial charge in [0.2, 0.25) is 0 Å². The fourth-order valence-corrected chi connectivity index (χ4v) is 2.40. The van der Waals surface area contributed by atoms with Crippen LogP contribution in [-0.2, 0) is 20.7 Å². The Kier molecular flexibility index (Phi) is 6.43. The Bertz CT molecular complexity index is 818. The summed E-state index contributed by atoms with van der Waals surface area (Å²) in [6.07, 6.45) is 0.671. The van der Waals surface area contributed by atoms with Crippen molar-refractivity contribution in [1.29, 1.82) is 0 Å². The maximum absolute atomic E-state index is 12.0. The van der Waals surface area contributed by atoms with E-state index in [1.165, 1.54) is 6.07 Å². The number of nitrogens with zero attached hydrogens (tertiary/aromatic N) is 1. The number of carbonyl (C=O) groups excluding carboxylic acids is 2. The second-order valence-electron chi connectivity index (χ2n) is 5.85. The van der Waals surface area contributed by atoms with Gasteiger partial charge in [-0.05, 0) is 37.0 Å². The van der Waals surface area contributed by atoms with E-state index in [1.54, 1.807) is 19.9 Å². The van der Waals surface area contributed by atoms with Gasteiger partial charge in [0.1, 0.15) is 5.69 Å². The standard InChI is InChI=1S/C19H20N2O5/c1-13-8-10-16(21(24)25)19(14(13)2)20-17(22)12-26-18(23)11-9-15-6-4-3-5-7-15/h3-8,10H,9,11-12H2,1-2H3,(H,20,22). The van der Waals surface area contributed by atoms with E-state index in [9.17, 15) is 19.7 Å². The first kappa shape index (κ1) is 19.1. The molecule has 0 aliphatic rings. The Morgan fingerprint density at radius 3 is 2.46 bits per heavy atom. The second kappa shape index (κ2) is 8.75. The van der Waals surface area contributed by atoms with Crippen molar-refractivity contribution in [3.63, 3.8) is 0 Å². The molecule has 0 heterocycles. The number of hydrogen-bond acceptors (Lipinski definition) is 5. The molecule has 0 unspecified atom stereocenters. The van der Waals surface area contributed by atoms with Gasteiger partial charge in [-0.2, -0.15) is 0 Å². The number of nitro groups is 1. The third kappa shape index (κ3) is 5.14. The molecule has 0 radical (unpaired) electrons.